The third-order valence-electron chi connectivity index (χ3n) is 2.16. The molecule has 0 bridgehead atoms. The molecule has 4 heteroatoms. The van der Waals surface area contributed by atoms with Crippen molar-refractivity contribution in [3.05, 3.63) is 0 Å². The summed E-state index contributed by atoms with van der Waals surface area (Å²) in [6.45, 7) is 0.766. The van der Waals surface area contributed by atoms with Gasteiger partial charge in [-0.3, -0.25) is 4.99 Å². The number of hydrogen-bond acceptors (Lipinski definition) is 2. The Labute approximate surface area is 60.5 Å². The van der Waals surface area contributed by atoms with Crippen LogP contribution >= 0.6 is 10.0 Å². The lowest BCUT2D eigenvalue weighted by molar-refractivity contribution is 0.221. The molecular formula is C6H9NO2S. The van der Waals surface area contributed by atoms with Crippen molar-refractivity contribution in [2.24, 2.45) is 4.99 Å². The zero-order chi connectivity index (χ0) is 7.19. The molecule has 0 spiro atoms. The van der Waals surface area contributed by atoms with Gasteiger partial charge in [-0.2, -0.15) is 0 Å². The van der Waals surface area contributed by atoms with E-state index in [1.807, 2.05) is 0 Å². The van der Waals surface area contributed by atoms with Gasteiger partial charge in [0.2, 0.25) is 0 Å². The first-order valence-electron chi connectivity index (χ1n) is 3.24. The molecule has 1 saturated heterocycles. The highest BCUT2D eigenvalue weighted by atomic mass is 32.3. The molecule has 2 heterocycles. The van der Waals surface area contributed by atoms with E-state index in [1.54, 1.807) is 6.21 Å². The first-order chi connectivity index (χ1) is 4.76. The molecule has 3 nitrogen and oxygen atoms in total. The van der Waals surface area contributed by atoms with Gasteiger partial charge < -0.3 is 5.11 Å². The molecule has 1 N–H and O–H groups in total. The van der Waals surface area contributed by atoms with Crippen LogP contribution in [0.25, 0.3) is 0 Å². The fourth-order valence-electron chi connectivity index (χ4n) is 1.35. The van der Waals surface area contributed by atoms with E-state index in [0.29, 0.717) is 5.25 Å². The normalized spacial score (nSPS) is 49.0. The Morgan fingerprint density at radius 3 is 3.10 bits per heavy atom. The summed E-state index contributed by atoms with van der Waals surface area (Å²) in [5, 5.41) is 8.69. The number of nitrogens with zero attached hydrogens (tertiary/aromatic N) is 1. The Hall–Kier alpha value is -0.510. The van der Waals surface area contributed by atoms with Crippen molar-refractivity contribution >= 4 is 21.5 Å². The predicted octanol–water partition coefficient (Wildman–Crippen LogP) is 0.936. The molecule has 0 aromatic rings. The second kappa shape index (κ2) is 1.75. The van der Waals surface area contributed by atoms with Crippen molar-refractivity contribution in [1.29, 1.82) is 0 Å². The summed E-state index contributed by atoms with van der Waals surface area (Å²) in [4.78, 5) is 14.8. The molecule has 2 rings (SSSR count). The summed E-state index contributed by atoms with van der Waals surface area (Å²) in [5.41, 5.74) is 0. The molecule has 0 aliphatic carbocycles. The average molecular weight is 159 g/mol. The van der Waals surface area contributed by atoms with E-state index in [1.165, 1.54) is 0 Å². The van der Waals surface area contributed by atoms with Crippen molar-refractivity contribution < 1.29 is 9.90 Å². The third-order valence-corrected chi connectivity index (χ3v) is 5.76. The lowest BCUT2D eigenvalue weighted by Gasteiger charge is -2.16. The largest absolute Gasteiger partial charge is 0.474 e. The summed E-state index contributed by atoms with van der Waals surface area (Å²) >= 11 is 0. The van der Waals surface area contributed by atoms with Crippen LogP contribution in [0.1, 0.15) is 0 Å². The minimum atomic E-state index is -1.22. The molecule has 10 heavy (non-hydrogen) atoms. The first kappa shape index (κ1) is 6.22. The summed E-state index contributed by atoms with van der Waals surface area (Å²) in [6.07, 6.45) is 1.78. The van der Waals surface area contributed by atoms with E-state index >= 15 is 0 Å². The van der Waals surface area contributed by atoms with Crippen molar-refractivity contribution in [3.8, 4) is 0 Å². The van der Waals surface area contributed by atoms with Crippen LogP contribution in [-0.4, -0.2) is 39.9 Å². The van der Waals surface area contributed by atoms with Gasteiger partial charge in [0.1, 0.15) is 0 Å². The Balaban J connectivity index is 2.21. The second-order valence-corrected chi connectivity index (χ2v) is 6.28. The Bertz CT molecular complexity index is 216. The van der Waals surface area contributed by atoms with E-state index in [9.17, 15) is 4.79 Å². The van der Waals surface area contributed by atoms with Crippen LogP contribution in [0.3, 0.4) is 0 Å². The number of rotatable bonds is 0. The summed E-state index contributed by atoms with van der Waals surface area (Å²) in [7, 11) is -1.22. The Morgan fingerprint density at radius 1 is 1.80 bits per heavy atom. The summed E-state index contributed by atoms with van der Waals surface area (Å²) in [5.74, 6) is 1.65. The average Bonchev–Trinajstić information content (AvgIpc) is 2.61. The minimum absolute atomic E-state index is 0.426. The number of aliphatic imine (C=N–C) groups is 1. The van der Waals surface area contributed by atoms with Gasteiger partial charge in [0.15, 0.2) is 0 Å². The molecule has 2 atom stereocenters. The zero-order valence-electron chi connectivity index (χ0n) is 5.49. The van der Waals surface area contributed by atoms with Crippen molar-refractivity contribution in [3.63, 3.8) is 0 Å². The molecule has 0 aromatic carbocycles. The fourth-order valence-corrected chi connectivity index (χ4v) is 4.26. The first-order valence-corrected chi connectivity index (χ1v) is 5.28. The molecule has 2 aliphatic heterocycles. The lowest BCUT2D eigenvalue weighted by atomic mass is 10.5. The minimum Gasteiger partial charge on any atom is -0.474 e. The van der Waals surface area contributed by atoms with E-state index in [2.05, 4.69) is 4.99 Å². The Kier molecular flexibility index (Phi) is 1.09. The molecule has 0 aromatic heterocycles. The molecule has 0 radical (unpaired) electrons. The SMILES string of the molecule is O=C(O)S12CC=NCC1C2. The van der Waals surface area contributed by atoms with Crippen LogP contribution in [0.15, 0.2) is 4.99 Å². The molecule has 1 fully saturated rings. The maximum Gasteiger partial charge on any atom is 0.347 e. The van der Waals surface area contributed by atoms with Crippen LogP contribution in [0, 0.1) is 0 Å². The molecule has 2 aliphatic rings. The highest BCUT2D eigenvalue weighted by molar-refractivity contribution is 8.51. The van der Waals surface area contributed by atoms with E-state index in [4.69, 9.17) is 5.11 Å². The molecular weight excluding hydrogens is 150 g/mol. The van der Waals surface area contributed by atoms with Gasteiger partial charge >= 0.3 is 5.30 Å². The standard InChI is InChI=1S/C6H9NO2S/c8-6(9)10-2-1-7-3-5(10)4-10/h1,5H,2-4H2,(H,8,9). The summed E-state index contributed by atoms with van der Waals surface area (Å²) < 4.78 is 0. The zero-order valence-corrected chi connectivity index (χ0v) is 6.30. The monoisotopic (exact) mass is 159 g/mol. The number of carbonyl (C=O) groups is 1. The van der Waals surface area contributed by atoms with E-state index < -0.39 is 15.3 Å². The second-order valence-electron chi connectivity index (χ2n) is 2.71. The predicted molar refractivity (Wildman–Crippen MR) is 42.5 cm³/mol. The van der Waals surface area contributed by atoms with Gasteiger partial charge in [-0.1, -0.05) is 0 Å². The lowest BCUT2D eigenvalue weighted by Crippen LogP contribution is -2.11. The van der Waals surface area contributed by atoms with Crippen molar-refractivity contribution in [1.82, 2.24) is 0 Å². The highest BCUT2D eigenvalue weighted by Crippen LogP contribution is 2.68. The van der Waals surface area contributed by atoms with E-state index in [-0.39, 0.29) is 0 Å². The van der Waals surface area contributed by atoms with Gasteiger partial charge in [-0.05, 0) is 0 Å². The van der Waals surface area contributed by atoms with Gasteiger partial charge in [0.25, 0.3) is 0 Å². The fraction of sp³-hybridized carbons (Fsp3) is 0.667. The smallest absolute Gasteiger partial charge is 0.347 e. The van der Waals surface area contributed by atoms with Gasteiger partial charge in [0.05, 0.1) is 6.54 Å². The summed E-state index contributed by atoms with van der Waals surface area (Å²) in [6, 6.07) is 0. The molecule has 0 amide bonds. The van der Waals surface area contributed by atoms with E-state index in [0.717, 1.165) is 18.1 Å². The van der Waals surface area contributed by atoms with Gasteiger partial charge in [0, 0.05) is 23.0 Å². The topological polar surface area (TPSA) is 49.7 Å². The van der Waals surface area contributed by atoms with Crippen LogP contribution in [-0.2, 0) is 0 Å². The van der Waals surface area contributed by atoms with Crippen LogP contribution in [0.5, 0.6) is 0 Å². The Morgan fingerprint density at radius 2 is 2.60 bits per heavy atom. The van der Waals surface area contributed by atoms with Crippen LogP contribution < -0.4 is 0 Å². The highest BCUT2D eigenvalue weighted by Gasteiger charge is 2.55. The maximum absolute atomic E-state index is 10.7. The third kappa shape index (κ3) is 0.624. The number of carboxylic acid groups (broad SMARTS) is 1. The number of hydrogen-bond donors (Lipinski definition) is 1. The molecule has 0 saturated carbocycles. The van der Waals surface area contributed by atoms with Gasteiger partial charge in [-0.15, -0.1) is 10.0 Å². The maximum atomic E-state index is 10.7. The molecule has 2 unspecified atom stereocenters. The quantitative estimate of drug-likeness (QED) is 0.535. The van der Waals surface area contributed by atoms with Gasteiger partial charge in [-0.25, -0.2) is 4.79 Å². The van der Waals surface area contributed by atoms with Crippen molar-refractivity contribution in [2.75, 3.05) is 18.1 Å². The number of fused-ring (bicyclic) bond motifs is 1. The molecule has 56 valence electrons. The van der Waals surface area contributed by atoms with Crippen LogP contribution in [0.4, 0.5) is 4.79 Å². The van der Waals surface area contributed by atoms with Crippen molar-refractivity contribution in [2.45, 2.75) is 5.25 Å². The van der Waals surface area contributed by atoms with Crippen LogP contribution in [0.2, 0.25) is 0 Å².